The Bertz CT molecular complexity index is 188. The highest BCUT2D eigenvalue weighted by atomic mass is 14.7. The number of rotatable bonds is 1. The highest BCUT2D eigenvalue weighted by Gasteiger charge is 2.51. The summed E-state index contributed by atoms with van der Waals surface area (Å²) in [5.74, 6) is 0.885. The van der Waals surface area contributed by atoms with Crippen LogP contribution in [0.3, 0.4) is 0 Å². The normalized spacial score (nSPS) is 31.7. The number of nitrogens with two attached hydrogens (primary N) is 1. The Morgan fingerprint density at radius 2 is 1.19 bits per heavy atom. The van der Waals surface area contributed by atoms with Gasteiger partial charge in [0.2, 0.25) is 0 Å². The molecule has 0 aromatic rings. The number of hydrogen-bond donors (Lipinski definition) is 1. The third-order valence-corrected chi connectivity index (χ3v) is 4.99. The van der Waals surface area contributed by atoms with Crippen molar-refractivity contribution in [3.05, 3.63) is 0 Å². The summed E-state index contributed by atoms with van der Waals surface area (Å²) in [4.78, 5) is 0. The average molecular weight is 223 g/mol. The summed E-state index contributed by atoms with van der Waals surface area (Å²) in [5.41, 5.74) is 6.57. The first kappa shape index (κ1) is 12.4. The second-order valence-corrected chi connectivity index (χ2v) is 6.18. The van der Waals surface area contributed by atoms with Crippen LogP contribution in [0, 0.1) is 11.3 Å². The van der Waals surface area contributed by atoms with E-state index in [-0.39, 0.29) is 0 Å². The maximum atomic E-state index is 5.86. The summed E-state index contributed by atoms with van der Waals surface area (Å²) in [6.07, 6.45) is 17.7. The fourth-order valence-corrected chi connectivity index (χ4v) is 3.69. The second kappa shape index (κ2) is 6.05. The summed E-state index contributed by atoms with van der Waals surface area (Å²) in [6, 6.07) is 0. The third-order valence-electron chi connectivity index (χ3n) is 4.99. The summed E-state index contributed by atoms with van der Waals surface area (Å²) in [7, 11) is 0. The molecule has 2 saturated carbocycles. The van der Waals surface area contributed by atoms with Crippen molar-refractivity contribution in [2.45, 2.75) is 77.0 Å². The van der Waals surface area contributed by atoms with Crippen molar-refractivity contribution >= 4 is 0 Å². The zero-order valence-electron chi connectivity index (χ0n) is 10.8. The van der Waals surface area contributed by atoms with Gasteiger partial charge in [0.15, 0.2) is 0 Å². The summed E-state index contributed by atoms with van der Waals surface area (Å²) < 4.78 is 0. The topological polar surface area (TPSA) is 26.0 Å². The molecule has 2 fully saturated rings. The molecule has 1 nitrogen and oxygen atoms in total. The van der Waals surface area contributed by atoms with Crippen LogP contribution in [0.2, 0.25) is 0 Å². The molecule has 16 heavy (non-hydrogen) atoms. The molecule has 2 rings (SSSR count). The van der Waals surface area contributed by atoms with Gasteiger partial charge in [0, 0.05) is 0 Å². The fraction of sp³-hybridized carbons (Fsp3) is 1.00. The van der Waals surface area contributed by atoms with Crippen molar-refractivity contribution in [2.24, 2.45) is 17.1 Å². The van der Waals surface area contributed by atoms with E-state index in [1.165, 1.54) is 77.0 Å². The second-order valence-electron chi connectivity index (χ2n) is 6.18. The zero-order chi connectivity index (χ0) is 11.3. The van der Waals surface area contributed by atoms with E-state index >= 15 is 0 Å². The lowest BCUT2D eigenvalue weighted by atomic mass is 9.88. The Hall–Kier alpha value is -0.0400. The quantitative estimate of drug-likeness (QED) is 0.706. The van der Waals surface area contributed by atoms with E-state index in [0.29, 0.717) is 5.41 Å². The molecule has 0 aromatic heterocycles. The highest BCUT2D eigenvalue weighted by Crippen LogP contribution is 2.59. The van der Waals surface area contributed by atoms with Crippen LogP contribution in [0.5, 0.6) is 0 Å². The zero-order valence-corrected chi connectivity index (χ0v) is 10.8. The van der Waals surface area contributed by atoms with Crippen LogP contribution in [0.1, 0.15) is 77.0 Å². The van der Waals surface area contributed by atoms with E-state index < -0.39 is 0 Å². The third kappa shape index (κ3) is 3.23. The molecule has 0 saturated heterocycles. The SMILES string of the molecule is NCC1CC12CCCCCCCCCCC2. The van der Waals surface area contributed by atoms with Crippen molar-refractivity contribution in [1.82, 2.24) is 0 Å². The van der Waals surface area contributed by atoms with Crippen LogP contribution in [0.4, 0.5) is 0 Å². The van der Waals surface area contributed by atoms with Crippen LogP contribution in [-0.2, 0) is 0 Å². The molecule has 0 amide bonds. The molecule has 2 aliphatic rings. The maximum Gasteiger partial charge on any atom is -0.00433 e. The summed E-state index contributed by atoms with van der Waals surface area (Å²) in [5, 5.41) is 0. The van der Waals surface area contributed by atoms with Crippen LogP contribution >= 0.6 is 0 Å². The standard InChI is InChI=1S/C15H29N/c16-13-14-12-15(14)10-8-6-4-2-1-3-5-7-9-11-15/h14H,1-13,16H2. The molecule has 1 heteroatoms. The van der Waals surface area contributed by atoms with E-state index in [9.17, 15) is 0 Å². The molecule has 2 aliphatic carbocycles. The first-order valence-corrected chi connectivity index (χ1v) is 7.57. The molecular weight excluding hydrogens is 194 g/mol. The minimum Gasteiger partial charge on any atom is -0.330 e. The largest absolute Gasteiger partial charge is 0.330 e. The Kier molecular flexibility index (Phi) is 4.69. The molecule has 0 aromatic carbocycles. The lowest BCUT2D eigenvalue weighted by Crippen LogP contribution is -2.11. The number of hydrogen-bond acceptors (Lipinski definition) is 1. The van der Waals surface area contributed by atoms with E-state index in [1.807, 2.05) is 0 Å². The lowest BCUT2D eigenvalue weighted by molar-refractivity contribution is 0.346. The van der Waals surface area contributed by atoms with Gasteiger partial charge in [-0.25, -0.2) is 0 Å². The van der Waals surface area contributed by atoms with Crippen molar-refractivity contribution in [2.75, 3.05) is 6.54 Å². The predicted molar refractivity (Wildman–Crippen MR) is 70.4 cm³/mol. The minimum absolute atomic E-state index is 0.716. The Balaban J connectivity index is 1.78. The van der Waals surface area contributed by atoms with Gasteiger partial charge in [-0.05, 0) is 37.1 Å². The van der Waals surface area contributed by atoms with Gasteiger partial charge in [-0.1, -0.05) is 57.8 Å². The van der Waals surface area contributed by atoms with E-state index in [2.05, 4.69) is 0 Å². The Morgan fingerprint density at radius 1 is 0.750 bits per heavy atom. The monoisotopic (exact) mass is 223 g/mol. The molecule has 1 spiro atoms. The van der Waals surface area contributed by atoms with E-state index in [1.54, 1.807) is 0 Å². The predicted octanol–water partition coefficient (Wildman–Crippen LogP) is 4.26. The van der Waals surface area contributed by atoms with Crippen molar-refractivity contribution in [1.29, 1.82) is 0 Å². The van der Waals surface area contributed by atoms with Crippen LogP contribution in [0.15, 0.2) is 0 Å². The van der Waals surface area contributed by atoms with Gasteiger partial charge >= 0.3 is 0 Å². The summed E-state index contributed by atoms with van der Waals surface area (Å²) in [6.45, 7) is 0.944. The summed E-state index contributed by atoms with van der Waals surface area (Å²) >= 11 is 0. The molecule has 0 bridgehead atoms. The molecule has 1 atom stereocenters. The minimum atomic E-state index is 0.716. The van der Waals surface area contributed by atoms with Crippen molar-refractivity contribution in [3.63, 3.8) is 0 Å². The molecule has 0 aliphatic heterocycles. The Morgan fingerprint density at radius 3 is 1.56 bits per heavy atom. The molecule has 0 heterocycles. The molecule has 1 unspecified atom stereocenters. The van der Waals surface area contributed by atoms with Crippen LogP contribution < -0.4 is 5.73 Å². The lowest BCUT2D eigenvalue weighted by Gasteiger charge is -2.18. The maximum absolute atomic E-state index is 5.86. The van der Waals surface area contributed by atoms with Gasteiger partial charge in [-0.2, -0.15) is 0 Å². The molecule has 2 N–H and O–H groups in total. The molecule has 94 valence electrons. The van der Waals surface area contributed by atoms with Crippen molar-refractivity contribution < 1.29 is 0 Å². The van der Waals surface area contributed by atoms with Crippen LogP contribution in [0.25, 0.3) is 0 Å². The smallest absolute Gasteiger partial charge is 0.00433 e. The first-order valence-electron chi connectivity index (χ1n) is 7.57. The highest BCUT2D eigenvalue weighted by molar-refractivity contribution is 5.02. The van der Waals surface area contributed by atoms with Gasteiger partial charge in [-0.15, -0.1) is 0 Å². The van der Waals surface area contributed by atoms with E-state index in [0.717, 1.165) is 12.5 Å². The van der Waals surface area contributed by atoms with Gasteiger partial charge in [-0.3, -0.25) is 0 Å². The van der Waals surface area contributed by atoms with Gasteiger partial charge in [0.1, 0.15) is 0 Å². The van der Waals surface area contributed by atoms with E-state index in [4.69, 9.17) is 5.73 Å². The van der Waals surface area contributed by atoms with Gasteiger partial charge in [0.25, 0.3) is 0 Å². The van der Waals surface area contributed by atoms with Gasteiger partial charge < -0.3 is 5.73 Å². The Labute approximate surface area is 101 Å². The fourth-order valence-electron chi connectivity index (χ4n) is 3.69. The van der Waals surface area contributed by atoms with Crippen LogP contribution in [-0.4, -0.2) is 6.54 Å². The van der Waals surface area contributed by atoms with Crippen molar-refractivity contribution in [3.8, 4) is 0 Å². The molecular formula is C15H29N. The molecule has 0 radical (unpaired) electrons. The average Bonchev–Trinajstić information content (AvgIpc) is 2.98. The first-order chi connectivity index (χ1) is 7.87. The van der Waals surface area contributed by atoms with Gasteiger partial charge in [0.05, 0.1) is 0 Å².